The van der Waals surface area contributed by atoms with E-state index in [9.17, 15) is 0 Å². The van der Waals surface area contributed by atoms with Crippen molar-refractivity contribution in [1.82, 2.24) is 15.1 Å². The van der Waals surface area contributed by atoms with Gasteiger partial charge in [-0.05, 0) is 13.0 Å². The molecule has 0 amide bonds. The highest BCUT2D eigenvalue weighted by Crippen LogP contribution is 2.28. The minimum Gasteiger partial charge on any atom is -0.485 e. The number of nitrogens with one attached hydrogen (secondary N) is 1. The van der Waals surface area contributed by atoms with Gasteiger partial charge in [0.1, 0.15) is 17.4 Å². The maximum atomic E-state index is 5.93. The van der Waals surface area contributed by atoms with E-state index in [0.29, 0.717) is 6.10 Å². The summed E-state index contributed by atoms with van der Waals surface area (Å²) in [5.74, 6) is 0.937. The van der Waals surface area contributed by atoms with Crippen LogP contribution in [-0.2, 0) is 7.05 Å². The fourth-order valence-electron chi connectivity index (χ4n) is 2.10. The number of rotatable bonds is 2. The molecule has 1 fully saturated rings. The summed E-state index contributed by atoms with van der Waals surface area (Å²) in [6, 6.07) is 6.13. The van der Waals surface area contributed by atoms with Gasteiger partial charge in [0.2, 0.25) is 0 Å². The Hall–Kier alpha value is -1.55. The van der Waals surface area contributed by atoms with Crippen molar-refractivity contribution in [2.24, 2.45) is 7.05 Å². The maximum absolute atomic E-state index is 5.93. The number of hydrogen-bond donors (Lipinski definition) is 1. The molecule has 1 N–H and O–H groups in total. The van der Waals surface area contributed by atoms with Crippen LogP contribution >= 0.6 is 0 Å². The largest absolute Gasteiger partial charge is 0.485 e. The van der Waals surface area contributed by atoms with Crippen LogP contribution in [0, 0.1) is 6.92 Å². The lowest BCUT2D eigenvalue weighted by atomic mass is 10.2. The van der Waals surface area contributed by atoms with E-state index in [2.05, 4.69) is 16.5 Å². The van der Waals surface area contributed by atoms with Crippen LogP contribution in [0.5, 0.6) is 5.75 Å². The third kappa shape index (κ3) is 1.38. The average Bonchev–Trinajstić information content (AvgIpc) is 2.50. The van der Waals surface area contributed by atoms with Crippen LogP contribution in [0.4, 0.5) is 0 Å². The summed E-state index contributed by atoms with van der Waals surface area (Å²) in [6.45, 7) is 3.90. The number of ether oxygens (including phenoxy) is 1. The fourth-order valence-corrected chi connectivity index (χ4v) is 2.10. The second-order valence-electron chi connectivity index (χ2n) is 4.26. The first-order valence-corrected chi connectivity index (χ1v) is 5.55. The molecule has 0 radical (unpaired) electrons. The van der Waals surface area contributed by atoms with E-state index in [-0.39, 0.29) is 0 Å². The van der Waals surface area contributed by atoms with Crippen LogP contribution in [0.15, 0.2) is 18.2 Å². The number of benzene rings is 1. The first kappa shape index (κ1) is 9.66. The number of para-hydroxylation sites is 1. The van der Waals surface area contributed by atoms with E-state index in [0.717, 1.165) is 30.0 Å². The summed E-state index contributed by atoms with van der Waals surface area (Å²) in [4.78, 5) is 0. The predicted octanol–water partition coefficient (Wildman–Crippen LogP) is 1.23. The minimum atomic E-state index is 0.306. The molecule has 0 unspecified atom stereocenters. The summed E-state index contributed by atoms with van der Waals surface area (Å²) in [6.07, 6.45) is 0.306. The van der Waals surface area contributed by atoms with Crippen LogP contribution in [0.2, 0.25) is 0 Å². The van der Waals surface area contributed by atoms with E-state index >= 15 is 0 Å². The zero-order valence-electron chi connectivity index (χ0n) is 9.53. The number of hydrogen-bond acceptors (Lipinski definition) is 3. The molecule has 0 saturated carbocycles. The molecule has 0 aliphatic carbocycles. The lowest BCUT2D eigenvalue weighted by Gasteiger charge is -2.28. The number of nitrogens with zero attached hydrogens (tertiary/aromatic N) is 2. The molecule has 3 rings (SSSR count). The fraction of sp³-hybridized carbons (Fsp3) is 0.417. The monoisotopic (exact) mass is 217 g/mol. The molecule has 0 spiro atoms. The average molecular weight is 217 g/mol. The maximum Gasteiger partial charge on any atom is 0.145 e. The van der Waals surface area contributed by atoms with Crippen molar-refractivity contribution < 1.29 is 4.74 Å². The Kier molecular flexibility index (Phi) is 2.11. The van der Waals surface area contributed by atoms with Gasteiger partial charge in [0.05, 0.1) is 5.69 Å². The quantitative estimate of drug-likeness (QED) is 0.822. The van der Waals surface area contributed by atoms with Crippen LogP contribution in [0.25, 0.3) is 10.9 Å². The van der Waals surface area contributed by atoms with Crippen molar-refractivity contribution in [3.8, 4) is 5.75 Å². The normalized spacial score (nSPS) is 16.4. The molecule has 1 aromatic carbocycles. The molecule has 1 aromatic heterocycles. The highest BCUT2D eigenvalue weighted by atomic mass is 16.5. The Bertz CT molecular complexity index is 528. The second kappa shape index (κ2) is 3.49. The van der Waals surface area contributed by atoms with E-state index in [4.69, 9.17) is 4.74 Å². The summed E-state index contributed by atoms with van der Waals surface area (Å²) in [5.41, 5.74) is 2.14. The standard InChI is InChI=1S/C12H15N3O/c1-8-10-4-3-5-11(12(10)15(2)14-8)16-9-6-13-7-9/h3-5,9,13H,6-7H2,1-2H3. The molecule has 1 saturated heterocycles. The Labute approximate surface area is 94.2 Å². The van der Waals surface area contributed by atoms with Crippen molar-refractivity contribution >= 4 is 10.9 Å². The van der Waals surface area contributed by atoms with E-state index in [1.165, 1.54) is 5.39 Å². The first-order chi connectivity index (χ1) is 7.75. The molecule has 0 atom stereocenters. The predicted molar refractivity (Wildman–Crippen MR) is 62.7 cm³/mol. The van der Waals surface area contributed by atoms with Gasteiger partial charge >= 0.3 is 0 Å². The Morgan fingerprint density at radius 3 is 2.94 bits per heavy atom. The third-order valence-electron chi connectivity index (χ3n) is 3.05. The first-order valence-electron chi connectivity index (χ1n) is 5.55. The van der Waals surface area contributed by atoms with Gasteiger partial charge in [0, 0.05) is 25.5 Å². The molecule has 2 aromatic rings. The van der Waals surface area contributed by atoms with Crippen molar-refractivity contribution in [2.45, 2.75) is 13.0 Å². The SMILES string of the molecule is Cc1nn(C)c2c(OC3CNC3)cccc12. The molecular formula is C12H15N3O. The van der Waals surface area contributed by atoms with Crippen LogP contribution in [-0.4, -0.2) is 29.0 Å². The molecule has 84 valence electrons. The van der Waals surface area contributed by atoms with Crippen molar-refractivity contribution in [3.05, 3.63) is 23.9 Å². The number of fused-ring (bicyclic) bond motifs is 1. The van der Waals surface area contributed by atoms with Crippen molar-refractivity contribution in [3.63, 3.8) is 0 Å². The van der Waals surface area contributed by atoms with Crippen molar-refractivity contribution in [1.29, 1.82) is 0 Å². The lowest BCUT2D eigenvalue weighted by molar-refractivity contribution is 0.143. The zero-order chi connectivity index (χ0) is 11.1. The van der Waals surface area contributed by atoms with E-state index < -0.39 is 0 Å². The molecule has 2 heterocycles. The molecule has 0 bridgehead atoms. The van der Waals surface area contributed by atoms with Crippen LogP contribution in [0.1, 0.15) is 5.69 Å². The smallest absolute Gasteiger partial charge is 0.145 e. The Balaban J connectivity index is 2.08. The highest BCUT2D eigenvalue weighted by Gasteiger charge is 2.20. The van der Waals surface area contributed by atoms with Crippen LogP contribution in [0.3, 0.4) is 0 Å². The van der Waals surface area contributed by atoms with E-state index in [1.54, 1.807) is 0 Å². The zero-order valence-corrected chi connectivity index (χ0v) is 9.53. The van der Waals surface area contributed by atoms with Gasteiger partial charge < -0.3 is 10.1 Å². The Morgan fingerprint density at radius 1 is 1.44 bits per heavy atom. The summed E-state index contributed by atoms with van der Waals surface area (Å²) < 4.78 is 7.83. The topological polar surface area (TPSA) is 39.1 Å². The minimum absolute atomic E-state index is 0.306. The van der Waals surface area contributed by atoms with Gasteiger partial charge in [-0.2, -0.15) is 5.10 Å². The number of aromatic nitrogens is 2. The van der Waals surface area contributed by atoms with E-state index in [1.807, 2.05) is 30.8 Å². The molecule has 4 nitrogen and oxygen atoms in total. The van der Waals surface area contributed by atoms with Gasteiger partial charge in [-0.1, -0.05) is 12.1 Å². The molecule has 1 aliphatic rings. The molecule has 4 heteroatoms. The molecule has 1 aliphatic heterocycles. The van der Waals surface area contributed by atoms with Gasteiger partial charge in [0.15, 0.2) is 0 Å². The lowest BCUT2D eigenvalue weighted by Crippen LogP contribution is -2.50. The summed E-state index contributed by atoms with van der Waals surface area (Å²) >= 11 is 0. The molecule has 16 heavy (non-hydrogen) atoms. The summed E-state index contributed by atoms with van der Waals surface area (Å²) in [7, 11) is 1.96. The Morgan fingerprint density at radius 2 is 2.25 bits per heavy atom. The van der Waals surface area contributed by atoms with Crippen LogP contribution < -0.4 is 10.1 Å². The van der Waals surface area contributed by atoms with Gasteiger partial charge in [-0.15, -0.1) is 0 Å². The number of aryl methyl sites for hydroxylation is 2. The molecular weight excluding hydrogens is 202 g/mol. The third-order valence-corrected chi connectivity index (χ3v) is 3.05. The van der Waals surface area contributed by atoms with Gasteiger partial charge in [0.25, 0.3) is 0 Å². The van der Waals surface area contributed by atoms with Gasteiger partial charge in [-0.3, -0.25) is 4.68 Å². The highest BCUT2D eigenvalue weighted by molar-refractivity contribution is 5.87. The van der Waals surface area contributed by atoms with Gasteiger partial charge in [-0.25, -0.2) is 0 Å². The van der Waals surface area contributed by atoms with Crippen molar-refractivity contribution in [2.75, 3.05) is 13.1 Å². The summed E-state index contributed by atoms with van der Waals surface area (Å²) in [5, 5.41) is 8.80. The second-order valence-corrected chi connectivity index (χ2v) is 4.26.